The fourth-order valence-corrected chi connectivity index (χ4v) is 1.80. The van der Waals surface area contributed by atoms with E-state index in [1.54, 1.807) is 13.3 Å². The summed E-state index contributed by atoms with van der Waals surface area (Å²) in [5.41, 5.74) is 2.63. The van der Waals surface area contributed by atoms with Gasteiger partial charge in [0.15, 0.2) is 0 Å². The van der Waals surface area contributed by atoms with Crippen molar-refractivity contribution in [3.8, 4) is 5.75 Å². The van der Waals surface area contributed by atoms with Gasteiger partial charge in [0, 0.05) is 29.4 Å². The first-order valence-electron chi connectivity index (χ1n) is 5.78. The molecule has 94 valence electrons. The number of nitrogens with zero attached hydrogens (tertiary/aromatic N) is 2. The Hall–Kier alpha value is -1.94. The first-order chi connectivity index (χ1) is 8.74. The number of hydrogen-bond acceptors (Lipinski definition) is 4. The SMILES string of the molecule is COc1ccccc1Cc1ncc(CO)c(C)n1. The largest absolute Gasteiger partial charge is 0.496 e. The van der Waals surface area contributed by atoms with Crippen LogP contribution in [0, 0.1) is 6.92 Å². The van der Waals surface area contributed by atoms with Crippen molar-refractivity contribution in [2.45, 2.75) is 20.0 Å². The number of ether oxygens (including phenoxy) is 1. The van der Waals surface area contributed by atoms with Gasteiger partial charge in [-0.05, 0) is 13.0 Å². The van der Waals surface area contributed by atoms with Crippen molar-refractivity contribution in [2.24, 2.45) is 0 Å². The van der Waals surface area contributed by atoms with Gasteiger partial charge in [-0.2, -0.15) is 0 Å². The lowest BCUT2D eigenvalue weighted by Crippen LogP contribution is -2.03. The molecule has 0 aliphatic carbocycles. The summed E-state index contributed by atoms with van der Waals surface area (Å²) in [5.74, 6) is 1.57. The van der Waals surface area contributed by atoms with Crippen molar-refractivity contribution >= 4 is 0 Å². The molecule has 2 rings (SSSR count). The van der Waals surface area contributed by atoms with Crippen LogP contribution >= 0.6 is 0 Å². The van der Waals surface area contributed by atoms with Gasteiger partial charge in [0.05, 0.1) is 13.7 Å². The van der Waals surface area contributed by atoms with Crippen LogP contribution in [0.2, 0.25) is 0 Å². The molecule has 4 nitrogen and oxygen atoms in total. The number of aryl methyl sites for hydroxylation is 1. The van der Waals surface area contributed by atoms with Gasteiger partial charge in [-0.15, -0.1) is 0 Å². The van der Waals surface area contributed by atoms with Gasteiger partial charge in [0.25, 0.3) is 0 Å². The molecule has 1 aromatic carbocycles. The summed E-state index contributed by atoms with van der Waals surface area (Å²) < 4.78 is 5.30. The summed E-state index contributed by atoms with van der Waals surface area (Å²) in [4.78, 5) is 8.64. The van der Waals surface area contributed by atoms with E-state index in [1.165, 1.54) is 0 Å². The van der Waals surface area contributed by atoms with Gasteiger partial charge in [0.1, 0.15) is 11.6 Å². The Morgan fingerprint density at radius 2 is 2.00 bits per heavy atom. The highest BCUT2D eigenvalue weighted by atomic mass is 16.5. The van der Waals surface area contributed by atoms with E-state index in [0.29, 0.717) is 6.42 Å². The Balaban J connectivity index is 2.26. The van der Waals surface area contributed by atoms with Gasteiger partial charge < -0.3 is 9.84 Å². The van der Waals surface area contributed by atoms with Crippen LogP contribution < -0.4 is 4.74 Å². The molecule has 0 bridgehead atoms. The zero-order valence-electron chi connectivity index (χ0n) is 10.6. The molecule has 1 heterocycles. The van der Waals surface area contributed by atoms with Crippen molar-refractivity contribution in [2.75, 3.05) is 7.11 Å². The van der Waals surface area contributed by atoms with Crippen LogP contribution in [0.1, 0.15) is 22.6 Å². The molecule has 0 amide bonds. The second-order valence-corrected chi connectivity index (χ2v) is 4.04. The number of methoxy groups -OCH3 is 1. The normalized spacial score (nSPS) is 10.4. The molecule has 0 radical (unpaired) electrons. The Kier molecular flexibility index (Phi) is 3.89. The second-order valence-electron chi connectivity index (χ2n) is 4.04. The molecule has 1 N–H and O–H groups in total. The standard InChI is InChI=1S/C14H16N2O2/c1-10-12(9-17)8-15-14(16-10)7-11-5-3-4-6-13(11)18-2/h3-6,8,17H,7,9H2,1-2H3. The van der Waals surface area contributed by atoms with Crippen LogP contribution in [0.3, 0.4) is 0 Å². The molecule has 0 aliphatic rings. The highest BCUT2D eigenvalue weighted by molar-refractivity contribution is 5.35. The van der Waals surface area contributed by atoms with Crippen LogP contribution in [-0.2, 0) is 13.0 Å². The molecule has 0 saturated carbocycles. The van der Waals surface area contributed by atoms with E-state index in [0.717, 1.165) is 28.4 Å². The number of benzene rings is 1. The molecule has 2 aromatic rings. The van der Waals surface area contributed by atoms with Crippen LogP contribution in [-0.4, -0.2) is 22.2 Å². The lowest BCUT2D eigenvalue weighted by Gasteiger charge is -2.08. The Labute approximate surface area is 106 Å². The number of hydrogen-bond donors (Lipinski definition) is 1. The van der Waals surface area contributed by atoms with E-state index < -0.39 is 0 Å². The number of aliphatic hydroxyl groups excluding tert-OH is 1. The molecule has 0 fully saturated rings. The summed E-state index contributed by atoms with van der Waals surface area (Å²) in [7, 11) is 1.65. The summed E-state index contributed by atoms with van der Waals surface area (Å²) in [5, 5.41) is 9.08. The van der Waals surface area contributed by atoms with Crippen molar-refractivity contribution < 1.29 is 9.84 Å². The maximum Gasteiger partial charge on any atom is 0.133 e. The Morgan fingerprint density at radius 1 is 1.22 bits per heavy atom. The van der Waals surface area contributed by atoms with E-state index in [1.807, 2.05) is 31.2 Å². The molecule has 0 saturated heterocycles. The van der Waals surface area contributed by atoms with Crippen LogP contribution in [0.4, 0.5) is 0 Å². The van der Waals surface area contributed by atoms with Gasteiger partial charge in [0.2, 0.25) is 0 Å². The minimum absolute atomic E-state index is 0.0270. The van der Waals surface area contributed by atoms with Crippen molar-refractivity contribution in [1.82, 2.24) is 9.97 Å². The number of rotatable bonds is 4. The van der Waals surface area contributed by atoms with Gasteiger partial charge in [-0.1, -0.05) is 18.2 Å². The highest BCUT2D eigenvalue weighted by Crippen LogP contribution is 2.19. The van der Waals surface area contributed by atoms with Crippen LogP contribution in [0.15, 0.2) is 30.5 Å². The molecular formula is C14H16N2O2. The predicted octanol–water partition coefficient (Wildman–Crippen LogP) is 1.88. The summed E-state index contributed by atoms with van der Waals surface area (Å²) >= 11 is 0. The molecule has 0 unspecified atom stereocenters. The monoisotopic (exact) mass is 244 g/mol. The van der Waals surface area contributed by atoms with Crippen molar-refractivity contribution in [1.29, 1.82) is 0 Å². The van der Waals surface area contributed by atoms with Crippen molar-refractivity contribution in [3.05, 3.63) is 53.1 Å². The third-order valence-electron chi connectivity index (χ3n) is 2.84. The lowest BCUT2D eigenvalue weighted by molar-refractivity contribution is 0.280. The molecule has 4 heteroatoms. The molecule has 0 aliphatic heterocycles. The molecule has 0 atom stereocenters. The Bertz CT molecular complexity index is 541. The summed E-state index contributed by atoms with van der Waals surface area (Å²) in [6.45, 7) is 1.85. The minimum atomic E-state index is -0.0270. The van der Waals surface area contributed by atoms with E-state index >= 15 is 0 Å². The average molecular weight is 244 g/mol. The smallest absolute Gasteiger partial charge is 0.133 e. The first kappa shape index (κ1) is 12.5. The molecular weight excluding hydrogens is 228 g/mol. The van der Waals surface area contributed by atoms with Gasteiger partial charge in [-0.3, -0.25) is 0 Å². The quantitative estimate of drug-likeness (QED) is 0.892. The fourth-order valence-electron chi connectivity index (χ4n) is 1.80. The highest BCUT2D eigenvalue weighted by Gasteiger charge is 2.07. The molecule has 0 spiro atoms. The average Bonchev–Trinajstić information content (AvgIpc) is 2.39. The summed E-state index contributed by atoms with van der Waals surface area (Å²) in [6.07, 6.45) is 2.30. The van der Waals surface area contributed by atoms with E-state index in [-0.39, 0.29) is 6.61 Å². The van der Waals surface area contributed by atoms with Crippen LogP contribution in [0.25, 0.3) is 0 Å². The van der Waals surface area contributed by atoms with E-state index in [9.17, 15) is 0 Å². The topological polar surface area (TPSA) is 55.2 Å². The molecule has 1 aromatic heterocycles. The number of para-hydroxylation sites is 1. The van der Waals surface area contributed by atoms with E-state index in [4.69, 9.17) is 9.84 Å². The predicted molar refractivity (Wildman–Crippen MR) is 68.5 cm³/mol. The summed E-state index contributed by atoms with van der Waals surface area (Å²) in [6, 6.07) is 7.82. The maximum atomic E-state index is 9.08. The molecule has 18 heavy (non-hydrogen) atoms. The maximum absolute atomic E-state index is 9.08. The fraction of sp³-hybridized carbons (Fsp3) is 0.286. The second kappa shape index (κ2) is 5.60. The van der Waals surface area contributed by atoms with Crippen LogP contribution in [0.5, 0.6) is 5.75 Å². The van der Waals surface area contributed by atoms with Crippen molar-refractivity contribution in [3.63, 3.8) is 0 Å². The third kappa shape index (κ3) is 2.65. The third-order valence-corrected chi connectivity index (χ3v) is 2.84. The lowest BCUT2D eigenvalue weighted by atomic mass is 10.1. The van der Waals surface area contributed by atoms with Gasteiger partial charge >= 0.3 is 0 Å². The minimum Gasteiger partial charge on any atom is -0.496 e. The number of aliphatic hydroxyl groups is 1. The van der Waals surface area contributed by atoms with Gasteiger partial charge in [-0.25, -0.2) is 9.97 Å². The van der Waals surface area contributed by atoms with E-state index in [2.05, 4.69) is 9.97 Å². The first-order valence-corrected chi connectivity index (χ1v) is 5.78. The number of aromatic nitrogens is 2. The zero-order chi connectivity index (χ0) is 13.0. The Morgan fingerprint density at radius 3 is 2.67 bits per heavy atom. The zero-order valence-corrected chi connectivity index (χ0v) is 10.6.